The zero-order valence-electron chi connectivity index (χ0n) is 16.3. The third-order valence-electron chi connectivity index (χ3n) is 4.26. The number of methoxy groups -OCH3 is 2. The predicted molar refractivity (Wildman–Crippen MR) is 107 cm³/mol. The number of aromatic nitrogens is 6. The van der Waals surface area contributed by atoms with Crippen molar-refractivity contribution >= 4 is 11.6 Å². The van der Waals surface area contributed by atoms with E-state index in [2.05, 4.69) is 30.4 Å². The van der Waals surface area contributed by atoms with Gasteiger partial charge in [0, 0.05) is 17.8 Å². The van der Waals surface area contributed by atoms with Crippen molar-refractivity contribution in [2.75, 3.05) is 19.5 Å². The molecular formula is C20H18FN7O2. The molecule has 0 fully saturated rings. The van der Waals surface area contributed by atoms with E-state index in [1.165, 1.54) is 32.8 Å². The SMILES string of the molecule is COc1cnc(-c2cc(OC)n(Cc3ccccc3F)n2)nc1Nc1ccncn1. The molecule has 152 valence electrons. The molecule has 0 aliphatic heterocycles. The van der Waals surface area contributed by atoms with Gasteiger partial charge in [0.05, 0.1) is 27.0 Å². The molecule has 4 rings (SSSR count). The van der Waals surface area contributed by atoms with E-state index in [0.29, 0.717) is 40.3 Å². The molecule has 3 aromatic heterocycles. The maximum atomic E-state index is 14.0. The Labute approximate surface area is 171 Å². The highest BCUT2D eigenvalue weighted by atomic mass is 19.1. The quantitative estimate of drug-likeness (QED) is 0.499. The summed E-state index contributed by atoms with van der Waals surface area (Å²) >= 11 is 0. The van der Waals surface area contributed by atoms with Crippen molar-refractivity contribution < 1.29 is 13.9 Å². The van der Waals surface area contributed by atoms with Crippen LogP contribution >= 0.6 is 0 Å². The maximum absolute atomic E-state index is 14.0. The van der Waals surface area contributed by atoms with Crippen LogP contribution in [0.2, 0.25) is 0 Å². The van der Waals surface area contributed by atoms with Gasteiger partial charge in [0.2, 0.25) is 5.88 Å². The number of hydrogen-bond acceptors (Lipinski definition) is 8. The molecule has 1 N–H and O–H groups in total. The van der Waals surface area contributed by atoms with Gasteiger partial charge in [-0.15, -0.1) is 0 Å². The van der Waals surface area contributed by atoms with Crippen molar-refractivity contribution in [2.45, 2.75) is 6.54 Å². The Hall–Kier alpha value is -4.08. The molecule has 30 heavy (non-hydrogen) atoms. The summed E-state index contributed by atoms with van der Waals surface area (Å²) in [6, 6.07) is 9.91. The van der Waals surface area contributed by atoms with Gasteiger partial charge >= 0.3 is 0 Å². The van der Waals surface area contributed by atoms with E-state index in [-0.39, 0.29) is 12.4 Å². The Bertz CT molecular complexity index is 1150. The smallest absolute Gasteiger partial charge is 0.212 e. The summed E-state index contributed by atoms with van der Waals surface area (Å²) in [6.07, 6.45) is 4.57. The fourth-order valence-corrected chi connectivity index (χ4v) is 2.79. The third kappa shape index (κ3) is 4.02. The van der Waals surface area contributed by atoms with E-state index in [9.17, 15) is 4.39 Å². The van der Waals surface area contributed by atoms with Crippen LogP contribution in [0.15, 0.2) is 55.1 Å². The van der Waals surface area contributed by atoms with Crippen LogP contribution in [0, 0.1) is 5.82 Å². The topological polar surface area (TPSA) is 99.9 Å². The minimum atomic E-state index is -0.311. The standard InChI is InChI=1S/C20H18FN7O2/c1-29-16-10-23-19(26-20(16)25-17-7-8-22-12-24-17)15-9-18(30-2)28(27-15)11-13-5-3-4-6-14(13)21/h3-10,12H,11H2,1-2H3,(H,22,23,24,25,26). The second-order valence-electron chi connectivity index (χ2n) is 6.15. The number of ether oxygens (including phenoxy) is 2. The van der Waals surface area contributed by atoms with E-state index in [4.69, 9.17) is 9.47 Å². The van der Waals surface area contributed by atoms with E-state index in [0.717, 1.165) is 0 Å². The summed E-state index contributed by atoms with van der Waals surface area (Å²) in [5.41, 5.74) is 0.962. The van der Waals surface area contributed by atoms with Crippen molar-refractivity contribution in [3.8, 4) is 23.1 Å². The van der Waals surface area contributed by atoms with Crippen molar-refractivity contribution in [3.63, 3.8) is 0 Å². The molecule has 0 aliphatic carbocycles. The number of benzene rings is 1. The lowest BCUT2D eigenvalue weighted by molar-refractivity contribution is 0.365. The molecule has 0 radical (unpaired) electrons. The first kappa shape index (κ1) is 19.2. The second kappa shape index (κ2) is 8.52. The van der Waals surface area contributed by atoms with Gasteiger partial charge < -0.3 is 14.8 Å². The monoisotopic (exact) mass is 407 g/mol. The molecule has 0 atom stereocenters. The first-order chi connectivity index (χ1) is 14.7. The van der Waals surface area contributed by atoms with Gasteiger partial charge in [-0.05, 0) is 12.1 Å². The zero-order valence-corrected chi connectivity index (χ0v) is 16.3. The third-order valence-corrected chi connectivity index (χ3v) is 4.26. The maximum Gasteiger partial charge on any atom is 0.212 e. The average molecular weight is 407 g/mol. The summed E-state index contributed by atoms with van der Waals surface area (Å²) in [5.74, 6) is 1.90. The fourth-order valence-electron chi connectivity index (χ4n) is 2.79. The minimum Gasteiger partial charge on any atom is -0.491 e. The van der Waals surface area contributed by atoms with Gasteiger partial charge in [0.15, 0.2) is 17.4 Å². The predicted octanol–water partition coefficient (Wildman–Crippen LogP) is 3.08. The van der Waals surface area contributed by atoms with Crippen LogP contribution in [-0.4, -0.2) is 43.9 Å². The number of halogens is 1. The van der Waals surface area contributed by atoms with Crippen LogP contribution in [0.4, 0.5) is 16.0 Å². The fraction of sp³-hybridized carbons (Fsp3) is 0.150. The van der Waals surface area contributed by atoms with Crippen LogP contribution in [-0.2, 0) is 6.54 Å². The highest BCUT2D eigenvalue weighted by Gasteiger charge is 2.16. The van der Waals surface area contributed by atoms with Gasteiger partial charge in [-0.3, -0.25) is 0 Å². The summed E-state index contributed by atoms with van der Waals surface area (Å²) in [4.78, 5) is 16.8. The Balaban J connectivity index is 1.67. The molecule has 10 heteroatoms. The lowest BCUT2D eigenvalue weighted by Crippen LogP contribution is -2.06. The van der Waals surface area contributed by atoms with Gasteiger partial charge in [-0.1, -0.05) is 18.2 Å². The van der Waals surface area contributed by atoms with Crippen molar-refractivity contribution in [2.24, 2.45) is 0 Å². The van der Waals surface area contributed by atoms with Crippen molar-refractivity contribution in [1.82, 2.24) is 29.7 Å². The molecule has 3 heterocycles. The Morgan fingerprint density at radius 1 is 1.10 bits per heavy atom. The number of nitrogens with one attached hydrogen (secondary N) is 1. The lowest BCUT2D eigenvalue weighted by Gasteiger charge is -2.09. The van der Waals surface area contributed by atoms with Gasteiger partial charge in [-0.25, -0.2) is 29.0 Å². The number of anilines is 2. The minimum absolute atomic E-state index is 0.206. The molecule has 0 saturated carbocycles. The first-order valence-corrected chi connectivity index (χ1v) is 8.97. The van der Waals surface area contributed by atoms with Crippen LogP contribution in [0.1, 0.15) is 5.56 Å². The van der Waals surface area contributed by atoms with Gasteiger partial charge in [0.1, 0.15) is 23.7 Å². The molecular weight excluding hydrogens is 389 g/mol. The molecule has 0 amide bonds. The lowest BCUT2D eigenvalue weighted by atomic mass is 10.2. The summed E-state index contributed by atoms with van der Waals surface area (Å²) in [7, 11) is 3.05. The molecule has 9 nitrogen and oxygen atoms in total. The van der Waals surface area contributed by atoms with Crippen molar-refractivity contribution in [1.29, 1.82) is 0 Å². The number of nitrogens with zero attached hydrogens (tertiary/aromatic N) is 6. The van der Waals surface area contributed by atoms with E-state index in [1.807, 2.05) is 0 Å². The van der Waals surface area contributed by atoms with Crippen LogP contribution in [0.25, 0.3) is 11.5 Å². The molecule has 1 aromatic carbocycles. The Morgan fingerprint density at radius 3 is 2.70 bits per heavy atom. The normalized spacial score (nSPS) is 10.6. The Kier molecular flexibility index (Phi) is 5.46. The van der Waals surface area contributed by atoms with Gasteiger partial charge in [-0.2, -0.15) is 5.10 Å². The second-order valence-corrected chi connectivity index (χ2v) is 6.15. The molecule has 0 spiro atoms. The molecule has 0 bridgehead atoms. The van der Waals surface area contributed by atoms with Gasteiger partial charge in [0.25, 0.3) is 0 Å². The van der Waals surface area contributed by atoms with E-state index in [1.54, 1.807) is 41.2 Å². The van der Waals surface area contributed by atoms with Crippen molar-refractivity contribution in [3.05, 3.63) is 66.5 Å². The molecule has 0 aliphatic rings. The molecule has 0 unspecified atom stereocenters. The highest BCUT2D eigenvalue weighted by molar-refractivity contribution is 5.62. The number of rotatable bonds is 7. The summed E-state index contributed by atoms with van der Waals surface area (Å²) < 4.78 is 26.3. The van der Waals surface area contributed by atoms with Crippen LogP contribution < -0.4 is 14.8 Å². The van der Waals surface area contributed by atoms with E-state index >= 15 is 0 Å². The summed E-state index contributed by atoms with van der Waals surface area (Å²) in [5, 5.41) is 7.57. The largest absolute Gasteiger partial charge is 0.491 e. The highest BCUT2D eigenvalue weighted by Crippen LogP contribution is 2.28. The zero-order chi connectivity index (χ0) is 20.9. The van der Waals surface area contributed by atoms with E-state index < -0.39 is 0 Å². The number of hydrogen-bond donors (Lipinski definition) is 1. The first-order valence-electron chi connectivity index (χ1n) is 8.97. The average Bonchev–Trinajstić information content (AvgIpc) is 3.19. The molecule has 0 saturated heterocycles. The molecule has 4 aromatic rings. The van der Waals surface area contributed by atoms with Crippen LogP contribution in [0.3, 0.4) is 0 Å². The Morgan fingerprint density at radius 2 is 1.97 bits per heavy atom. The summed E-state index contributed by atoms with van der Waals surface area (Å²) in [6.45, 7) is 0.206. The van der Waals surface area contributed by atoms with Crippen LogP contribution in [0.5, 0.6) is 11.6 Å².